The first-order chi connectivity index (χ1) is 8.13. The Balaban J connectivity index is 2.65. The highest BCUT2D eigenvalue weighted by Gasteiger charge is 2.03. The van der Waals surface area contributed by atoms with Gasteiger partial charge in [0.25, 0.3) is 0 Å². The fourth-order valence-corrected chi connectivity index (χ4v) is 1.06. The van der Waals surface area contributed by atoms with Crippen LogP contribution in [0, 0.1) is 12.3 Å². The van der Waals surface area contributed by atoms with E-state index in [1.807, 2.05) is 0 Å². The summed E-state index contributed by atoms with van der Waals surface area (Å²) in [6.45, 7) is 0.101. The smallest absolute Gasteiger partial charge is 0.322 e. The number of aromatic nitrogens is 1. The molecule has 0 saturated heterocycles. The van der Waals surface area contributed by atoms with Gasteiger partial charge >= 0.3 is 6.03 Å². The Morgan fingerprint density at radius 3 is 3.12 bits per heavy atom. The van der Waals surface area contributed by atoms with Gasteiger partial charge in [-0.3, -0.25) is 5.32 Å². The molecular weight excluding hydrogens is 242 g/mol. The number of amides is 2. The maximum atomic E-state index is 11.2. The molecular formula is C10H10ClN5O. The van der Waals surface area contributed by atoms with Crippen molar-refractivity contribution in [2.24, 2.45) is 10.7 Å². The minimum Gasteiger partial charge on any atom is -0.369 e. The van der Waals surface area contributed by atoms with Gasteiger partial charge in [-0.05, 0) is 12.1 Å². The minimum atomic E-state index is -0.545. The second kappa shape index (κ2) is 6.35. The van der Waals surface area contributed by atoms with E-state index in [0.29, 0.717) is 5.02 Å². The SMILES string of the molecule is C#CCNC(=O)N/C(N)=N/c1ncccc1Cl. The molecule has 4 N–H and O–H groups in total. The number of carbonyl (C=O) groups is 1. The van der Waals surface area contributed by atoms with E-state index in [0.717, 1.165) is 0 Å². The van der Waals surface area contributed by atoms with Gasteiger partial charge in [0.15, 0.2) is 5.82 Å². The summed E-state index contributed by atoms with van der Waals surface area (Å²) in [5.74, 6) is 2.35. The lowest BCUT2D eigenvalue weighted by atomic mass is 10.5. The number of urea groups is 1. The van der Waals surface area contributed by atoms with Crippen LogP contribution < -0.4 is 16.4 Å². The average Bonchev–Trinajstić information content (AvgIpc) is 2.29. The quantitative estimate of drug-likeness (QED) is 0.409. The molecule has 17 heavy (non-hydrogen) atoms. The average molecular weight is 252 g/mol. The molecule has 0 radical (unpaired) electrons. The van der Waals surface area contributed by atoms with Gasteiger partial charge < -0.3 is 11.1 Å². The van der Waals surface area contributed by atoms with E-state index in [-0.39, 0.29) is 18.3 Å². The van der Waals surface area contributed by atoms with Crippen LogP contribution in [0.5, 0.6) is 0 Å². The third-order valence-corrected chi connectivity index (χ3v) is 1.85. The van der Waals surface area contributed by atoms with Gasteiger partial charge in [-0.15, -0.1) is 6.42 Å². The molecule has 0 saturated carbocycles. The van der Waals surface area contributed by atoms with Crippen LogP contribution in [-0.2, 0) is 0 Å². The number of nitrogens with one attached hydrogen (secondary N) is 2. The molecule has 1 aromatic rings. The molecule has 0 atom stereocenters. The zero-order valence-electron chi connectivity index (χ0n) is 8.77. The van der Waals surface area contributed by atoms with E-state index in [4.69, 9.17) is 23.8 Å². The van der Waals surface area contributed by atoms with Crippen LogP contribution in [0.1, 0.15) is 0 Å². The van der Waals surface area contributed by atoms with Gasteiger partial charge in [0, 0.05) is 6.20 Å². The summed E-state index contributed by atoms with van der Waals surface area (Å²) in [4.78, 5) is 18.9. The van der Waals surface area contributed by atoms with Crippen LogP contribution in [0.2, 0.25) is 5.02 Å². The van der Waals surface area contributed by atoms with Crippen molar-refractivity contribution in [3.8, 4) is 12.3 Å². The molecule has 2 amide bonds. The molecule has 0 aliphatic carbocycles. The molecule has 7 heteroatoms. The van der Waals surface area contributed by atoms with E-state index in [9.17, 15) is 4.79 Å². The number of guanidine groups is 1. The summed E-state index contributed by atoms with van der Waals surface area (Å²) in [5.41, 5.74) is 5.48. The molecule has 0 unspecified atom stereocenters. The van der Waals surface area contributed by atoms with Crippen molar-refractivity contribution < 1.29 is 4.79 Å². The maximum absolute atomic E-state index is 11.2. The number of terminal acetylenes is 1. The predicted molar refractivity (Wildman–Crippen MR) is 65.9 cm³/mol. The third kappa shape index (κ3) is 4.40. The van der Waals surface area contributed by atoms with E-state index in [1.54, 1.807) is 12.1 Å². The zero-order valence-corrected chi connectivity index (χ0v) is 9.53. The molecule has 0 spiro atoms. The fourth-order valence-electron chi connectivity index (χ4n) is 0.893. The molecule has 0 aromatic carbocycles. The molecule has 0 bridgehead atoms. The molecule has 88 valence electrons. The largest absolute Gasteiger partial charge is 0.369 e. The normalized spacial score (nSPS) is 10.5. The molecule has 0 fully saturated rings. The van der Waals surface area contributed by atoms with Gasteiger partial charge in [-0.1, -0.05) is 17.5 Å². The second-order valence-electron chi connectivity index (χ2n) is 2.82. The number of halogens is 1. The Kier molecular flexibility index (Phi) is 4.78. The van der Waals surface area contributed by atoms with Gasteiger partial charge in [0.05, 0.1) is 11.6 Å². The van der Waals surface area contributed by atoms with E-state index in [1.165, 1.54) is 6.20 Å². The summed E-state index contributed by atoms with van der Waals surface area (Å²) >= 11 is 5.81. The van der Waals surface area contributed by atoms with Gasteiger partial charge in [-0.25, -0.2) is 9.78 Å². The molecule has 0 aliphatic heterocycles. The first-order valence-electron chi connectivity index (χ1n) is 4.56. The molecule has 1 rings (SSSR count). The molecule has 6 nitrogen and oxygen atoms in total. The first kappa shape index (κ1) is 12.8. The van der Waals surface area contributed by atoms with Crippen molar-refractivity contribution in [2.75, 3.05) is 6.54 Å². The predicted octanol–water partition coefficient (Wildman–Crippen LogP) is 0.614. The summed E-state index contributed by atoms with van der Waals surface area (Å²) in [5, 5.41) is 4.97. The minimum absolute atomic E-state index is 0.101. The zero-order chi connectivity index (χ0) is 12.7. The van der Waals surface area contributed by atoms with Crippen LogP contribution in [0.15, 0.2) is 23.3 Å². The van der Waals surface area contributed by atoms with E-state index >= 15 is 0 Å². The van der Waals surface area contributed by atoms with Gasteiger partial charge in [0.1, 0.15) is 0 Å². The van der Waals surface area contributed by atoms with E-state index in [2.05, 4.69) is 26.5 Å². The van der Waals surface area contributed by atoms with Crippen molar-refractivity contribution in [3.05, 3.63) is 23.4 Å². The number of aliphatic imine (C=N–C) groups is 1. The van der Waals surface area contributed by atoms with E-state index < -0.39 is 6.03 Å². The highest BCUT2D eigenvalue weighted by molar-refractivity contribution is 6.32. The highest BCUT2D eigenvalue weighted by Crippen LogP contribution is 2.19. The lowest BCUT2D eigenvalue weighted by Gasteiger charge is -2.04. The number of hydrogen-bond donors (Lipinski definition) is 3. The lowest BCUT2D eigenvalue weighted by Crippen LogP contribution is -2.43. The van der Waals surface area contributed by atoms with Crippen molar-refractivity contribution in [1.82, 2.24) is 15.6 Å². The summed E-state index contributed by atoms with van der Waals surface area (Å²) in [6.07, 6.45) is 6.48. The van der Waals surface area contributed by atoms with Crippen molar-refractivity contribution in [2.45, 2.75) is 0 Å². The highest BCUT2D eigenvalue weighted by atomic mass is 35.5. The number of pyridine rings is 1. The summed E-state index contributed by atoms with van der Waals surface area (Å²) < 4.78 is 0. The second-order valence-corrected chi connectivity index (χ2v) is 3.22. The Labute approximate surface area is 103 Å². The monoisotopic (exact) mass is 251 g/mol. The van der Waals surface area contributed by atoms with Crippen LogP contribution in [0.3, 0.4) is 0 Å². The Morgan fingerprint density at radius 1 is 1.71 bits per heavy atom. The number of hydrogen-bond acceptors (Lipinski definition) is 3. The van der Waals surface area contributed by atoms with Crippen molar-refractivity contribution >= 4 is 29.4 Å². The number of nitrogens with two attached hydrogens (primary N) is 1. The maximum Gasteiger partial charge on any atom is 0.322 e. The standard InChI is InChI=1S/C10H10ClN5O/c1-2-5-14-10(17)16-9(12)15-8-7(11)4-3-6-13-8/h1,3-4,6H,5H2,(H4,12,13,14,15,16,17). The molecule has 1 aromatic heterocycles. The molecule has 1 heterocycles. The summed E-state index contributed by atoms with van der Waals surface area (Å²) in [6, 6.07) is 2.72. The van der Waals surface area contributed by atoms with Crippen molar-refractivity contribution in [1.29, 1.82) is 0 Å². The van der Waals surface area contributed by atoms with Crippen LogP contribution in [0.25, 0.3) is 0 Å². The Bertz CT molecular complexity index is 480. The topological polar surface area (TPSA) is 92.4 Å². The van der Waals surface area contributed by atoms with Crippen LogP contribution in [-0.4, -0.2) is 23.5 Å². The number of carbonyl (C=O) groups excluding carboxylic acids is 1. The van der Waals surface area contributed by atoms with Gasteiger partial charge in [-0.2, -0.15) is 4.99 Å². The van der Waals surface area contributed by atoms with Gasteiger partial charge in [0.2, 0.25) is 5.96 Å². The van der Waals surface area contributed by atoms with Crippen LogP contribution >= 0.6 is 11.6 Å². The Hall–Kier alpha value is -2.26. The first-order valence-corrected chi connectivity index (χ1v) is 4.94. The van der Waals surface area contributed by atoms with Crippen LogP contribution in [0.4, 0.5) is 10.6 Å². The lowest BCUT2D eigenvalue weighted by molar-refractivity contribution is 0.246. The number of nitrogens with zero attached hydrogens (tertiary/aromatic N) is 2. The fraction of sp³-hybridized carbons (Fsp3) is 0.100. The van der Waals surface area contributed by atoms with Crippen molar-refractivity contribution in [3.63, 3.8) is 0 Å². The summed E-state index contributed by atoms with van der Waals surface area (Å²) in [7, 11) is 0. The number of rotatable bonds is 2. The Morgan fingerprint density at radius 2 is 2.47 bits per heavy atom. The molecule has 0 aliphatic rings. The third-order valence-electron chi connectivity index (χ3n) is 1.56.